The Hall–Kier alpha value is -0.00506. The van der Waals surface area contributed by atoms with Crippen molar-refractivity contribution in [3.8, 4) is 0 Å². The van der Waals surface area contributed by atoms with Crippen molar-refractivity contribution in [1.29, 1.82) is 0 Å². The highest BCUT2D eigenvalue weighted by atomic mass is 35.5. The summed E-state index contributed by atoms with van der Waals surface area (Å²) in [6.07, 6.45) is 0.447. The van der Waals surface area contributed by atoms with Gasteiger partial charge in [-0.25, -0.2) is 0 Å². The standard InChI is InChI=1S/C6H11Cl2NO2.BH3O2/c1-4(2)3-5(6(10)11)9(7)8;2-1-3/h4-5H,3H2,1-2H3,(H,10,11);1-3H. The molecule has 84 valence electrons. The van der Waals surface area contributed by atoms with Gasteiger partial charge in [0.15, 0.2) is 0 Å². The Kier molecular flexibility index (Phi) is 11.2. The van der Waals surface area contributed by atoms with E-state index in [1.807, 2.05) is 13.8 Å². The molecular weight excluding hydrogens is 232 g/mol. The molecule has 0 saturated carbocycles. The van der Waals surface area contributed by atoms with Crippen LogP contribution in [0.4, 0.5) is 0 Å². The molecule has 0 spiro atoms. The van der Waals surface area contributed by atoms with Gasteiger partial charge in [0.05, 0.1) is 0 Å². The van der Waals surface area contributed by atoms with E-state index in [0.29, 0.717) is 10.4 Å². The van der Waals surface area contributed by atoms with Crippen molar-refractivity contribution in [1.82, 2.24) is 3.94 Å². The second-order valence-electron chi connectivity index (χ2n) is 2.88. The van der Waals surface area contributed by atoms with Gasteiger partial charge in [0.25, 0.3) is 0 Å². The van der Waals surface area contributed by atoms with Crippen LogP contribution >= 0.6 is 23.6 Å². The third kappa shape index (κ3) is 10.1. The molecule has 0 aliphatic heterocycles. The van der Waals surface area contributed by atoms with Crippen molar-refractivity contribution < 1.29 is 19.9 Å². The fourth-order valence-corrected chi connectivity index (χ4v) is 1.04. The van der Waals surface area contributed by atoms with Crippen molar-refractivity contribution in [3.05, 3.63) is 0 Å². The van der Waals surface area contributed by atoms with E-state index in [-0.39, 0.29) is 5.92 Å². The Labute approximate surface area is 93.8 Å². The van der Waals surface area contributed by atoms with E-state index in [1.54, 1.807) is 0 Å². The molecule has 0 aromatic rings. The number of carbonyl (C=O) groups is 1. The van der Waals surface area contributed by atoms with Crippen LogP contribution in [0.5, 0.6) is 0 Å². The minimum absolute atomic E-state index is 0.260. The van der Waals surface area contributed by atoms with E-state index in [0.717, 1.165) is 0 Å². The predicted molar refractivity (Wildman–Crippen MR) is 56.0 cm³/mol. The quantitative estimate of drug-likeness (QED) is 0.492. The van der Waals surface area contributed by atoms with Crippen LogP contribution in [0.15, 0.2) is 0 Å². The van der Waals surface area contributed by atoms with E-state index in [9.17, 15) is 4.79 Å². The first-order valence-corrected chi connectivity index (χ1v) is 4.59. The zero-order valence-corrected chi connectivity index (χ0v) is 9.53. The first kappa shape index (κ1) is 16.4. The molecule has 0 aliphatic rings. The third-order valence-corrected chi connectivity index (χ3v) is 1.69. The zero-order valence-electron chi connectivity index (χ0n) is 8.02. The highest BCUT2D eigenvalue weighted by Gasteiger charge is 2.23. The molecule has 1 atom stereocenters. The lowest BCUT2D eigenvalue weighted by Gasteiger charge is -2.16. The SMILES string of the molecule is CC(C)CC(C(=O)O)N(Cl)Cl.OBO. The number of rotatable bonds is 4. The van der Waals surface area contributed by atoms with Crippen LogP contribution in [0.1, 0.15) is 20.3 Å². The Morgan fingerprint density at radius 2 is 1.79 bits per heavy atom. The fraction of sp³-hybridized carbons (Fsp3) is 0.833. The second kappa shape index (κ2) is 9.55. The van der Waals surface area contributed by atoms with Crippen molar-refractivity contribution in [2.24, 2.45) is 5.92 Å². The average molecular weight is 246 g/mol. The smallest absolute Gasteiger partial charge is 0.432 e. The van der Waals surface area contributed by atoms with E-state index in [1.165, 1.54) is 0 Å². The van der Waals surface area contributed by atoms with Gasteiger partial charge >= 0.3 is 13.7 Å². The molecular formula is C6H14BCl2NO4. The Balaban J connectivity index is 0. The van der Waals surface area contributed by atoms with Crippen LogP contribution < -0.4 is 0 Å². The van der Waals surface area contributed by atoms with Gasteiger partial charge in [-0.2, -0.15) is 0 Å². The molecule has 0 saturated heterocycles. The topological polar surface area (TPSA) is 81.0 Å². The number of nitrogens with zero attached hydrogens (tertiary/aromatic N) is 1. The lowest BCUT2D eigenvalue weighted by molar-refractivity contribution is -0.140. The molecule has 5 nitrogen and oxygen atoms in total. The van der Waals surface area contributed by atoms with Gasteiger partial charge in [-0.15, -0.1) is 3.94 Å². The first-order valence-electron chi connectivity index (χ1n) is 3.92. The van der Waals surface area contributed by atoms with Crippen LogP contribution in [0.3, 0.4) is 0 Å². The van der Waals surface area contributed by atoms with Crippen LogP contribution in [0, 0.1) is 5.92 Å². The van der Waals surface area contributed by atoms with E-state index >= 15 is 0 Å². The van der Waals surface area contributed by atoms with Gasteiger partial charge in [0.1, 0.15) is 6.04 Å². The molecule has 0 aliphatic carbocycles. The highest BCUT2D eigenvalue weighted by Crippen LogP contribution is 2.15. The molecule has 8 heteroatoms. The highest BCUT2D eigenvalue weighted by molar-refractivity contribution is 6.34. The van der Waals surface area contributed by atoms with Crippen LogP contribution in [0.2, 0.25) is 0 Å². The van der Waals surface area contributed by atoms with Crippen molar-refractivity contribution in [2.75, 3.05) is 0 Å². The molecule has 0 heterocycles. The van der Waals surface area contributed by atoms with Crippen LogP contribution in [0.25, 0.3) is 0 Å². The monoisotopic (exact) mass is 245 g/mol. The van der Waals surface area contributed by atoms with Crippen LogP contribution in [-0.4, -0.2) is 38.8 Å². The van der Waals surface area contributed by atoms with Crippen LogP contribution in [-0.2, 0) is 4.79 Å². The zero-order chi connectivity index (χ0) is 11.7. The van der Waals surface area contributed by atoms with Gasteiger partial charge in [-0.05, 0) is 35.9 Å². The molecule has 0 amide bonds. The predicted octanol–water partition coefficient (Wildman–Crippen LogP) is 0.333. The molecule has 0 bridgehead atoms. The van der Waals surface area contributed by atoms with Gasteiger partial charge in [0.2, 0.25) is 0 Å². The Bertz CT molecular complexity index is 159. The number of carboxylic acids is 1. The molecule has 0 radical (unpaired) electrons. The summed E-state index contributed by atoms with van der Waals surface area (Å²) in [4.78, 5) is 10.5. The van der Waals surface area contributed by atoms with Gasteiger partial charge in [-0.3, -0.25) is 4.79 Å². The summed E-state index contributed by atoms with van der Waals surface area (Å²) in [6, 6.07) is -0.807. The number of carboxylic acid groups (broad SMARTS) is 1. The fourth-order valence-electron chi connectivity index (χ4n) is 0.711. The molecule has 0 aromatic heterocycles. The first-order chi connectivity index (χ1) is 6.36. The molecule has 14 heavy (non-hydrogen) atoms. The molecule has 0 fully saturated rings. The number of hydrogen-bond donors (Lipinski definition) is 3. The number of aliphatic carboxylic acids is 1. The van der Waals surface area contributed by atoms with Gasteiger partial charge < -0.3 is 15.2 Å². The van der Waals surface area contributed by atoms with E-state index in [2.05, 4.69) is 0 Å². The third-order valence-electron chi connectivity index (χ3n) is 1.22. The number of hydrogen-bond acceptors (Lipinski definition) is 4. The van der Waals surface area contributed by atoms with Crippen molar-refractivity contribution >= 4 is 37.2 Å². The summed E-state index contributed by atoms with van der Waals surface area (Å²) in [7, 11) is -0.750. The lowest BCUT2D eigenvalue weighted by Crippen LogP contribution is -2.30. The van der Waals surface area contributed by atoms with E-state index < -0.39 is 19.7 Å². The Morgan fingerprint density at radius 1 is 1.43 bits per heavy atom. The molecule has 0 rings (SSSR count). The average Bonchev–Trinajstić information content (AvgIpc) is 2.00. The maximum Gasteiger partial charge on any atom is 0.432 e. The largest absolute Gasteiger partial charge is 0.480 e. The molecule has 0 aromatic carbocycles. The Morgan fingerprint density at radius 3 is 1.86 bits per heavy atom. The van der Waals surface area contributed by atoms with Crippen molar-refractivity contribution in [3.63, 3.8) is 0 Å². The summed E-state index contributed by atoms with van der Waals surface area (Å²) >= 11 is 10.6. The summed E-state index contributed by atoms with van der Waals surface area (Å²) in [5.41, 5.74) is 0. The molecule has 1 unspecified atom stereocenters. The molecule has 3 N–H and O–H groups in total. The van der Waals surface area contributed by atoms with E-state index in [4.69, 9.17) is 38.7 Å². The minimum Gasteiger partial charge on any atom is -0.480 e. The summed E-state index contributed by atoms with van der Waals surface area (Å²) in [6.45, 7) is 3.82. The maximum absolute atomic E-state index is 10.5. The maximum atomic E-state index is 10.5. The lowest BCUT2D eigenvalue weighted by atomic mass is 10.1. The summed E-state index contributed by atoms with van der Waals surface area (Å²) < 4.78 is 0.683. The normalized spacial score (nSPS) is 12.0. The minimum atomic E-state index is -0.997. The number of halogens is 2. The van der Waals surface area contributed by atoms with Crippen molar-refractivity contribution in [2.45, 2.75) is 26.3 Å². The van der Waals surface area contributed by atoms with Gasteiger partial charge in [-0.1, -0.05) is 13.8 Å². The summed E-state index contributed by atoms with van der Waals surface area (Å²) in [5.74, 6) is -0.736. The van der Waals surface area contributed by atoms with Gasteiger partial charge in [0, 0.05) is 0 Å². The summed E-state index contributed by atoms with van der Waals surface area (Å²) in [5, 5.41) is 22.8. The second-order valence-corrected chi connectivity index (χ2v) is 3.79.